The van der Waals surface area contributed by atoms with Gasteiger partial charge in [0.05, 0.1) is 6.10 Å². The molecule has 0 atom stereocenters. The van der Waals surface area contributed by atoms with Crippen molar-refractivity contribution in [1.29, 1.82) is 0 Å². The third-order valence-corrected chi connectivity index (χ3v) is 2.96. The highest BCUT2D eigenvalue weighted by molar-refractivity contribution is 5.94. The van der Waals surface area contributed by atoms with E-state index in [1.54, 1.807) is 12.1 Å². The van der Waals surface area contributed by atoms with Crippen LogP contribution >= 0.6 is 0 Å². The zero-order valence-corrected chi connectivity index (χ0v) is 9.85. The number of carbonyl (C=O) groups is 1. The van der Waals surface area contributed by atoms with Crippen molar-refractivity contribution in [3.63, 3.8) is 0 Å². The molecule has 1 aromatic rings. The van der Waals surface area contributed by atoms with Crippen LogP contribution in [0.4, 0.5) is 0 Å². The third kappa shape index (κ3) is 2.97. The Bertz CT molecular complexity index is 382. The molecule has 2 rings (SSSR count). The van der Waals surface area contributed by atoms with Crippen LogP contribution in [0.2, 0.25) is 0 Å². The second kappa shape index (κ2) is 5.19. The van der Waals surface area contributed by atoms with Gasteiger partial charge in [-0.05, 0) is 44.0 Å². The van der Waals surface area contributed by atoms with Crippen LogP contribution in [0, 0.1) is 0 Å². The number of carbonyl (C=O) groups excluding carboxylic acids is 1. The number of phenolic OH excluding ortho intramolecular Hbond substituents is 1. The van der Waals surface area contributed by atoms with Crippen LogP contribution in [0.3, 0.4) is 0 Å². The topological polar surface area (TPSA) is 58.6 Å². The normalized spacial score (nSPS) is 22.9. The number of nitrogens with one attached hydrogen (secondary N) is 1. The summed E-state index contributed by atoms with van der Waals surface area (Å²) in [4.78, 5) is 11.8. The maximum absolute atomic E-state index is 11.8. The first kappa shape index (κ1) is 11.9. The van der Waals surface area contributed by atoms with Crippen molar-refractivity contribution in [2.45, 2.75) is 31.9 Å². The molecular formula is C13H17NO3. The predicted octanol–water partition coefficient (Wildman–Crippen LogP) is 1.69. The van der Waals surface area contributed by atoms with Gasteiger partial charge in [0.2, 0.25) is 0 Å². The Kier molecular flexibility index (Phi) is 3.64. The van der Waals surface area contributed by atoms with Crippen molar-refractivity contribution < 1.29 is 14.6 Å². The number of hydrogen-bond acceptors (Lipinski definition) is 3. The van der Waals surface area contributed by atoms with Gasteiger partial charge in [-0.3, -0.25) is 4.79 Å². The number of phenols is 1. The molecule has 0 bridgehead atoms. The van der Waals surface area contributed by atoms with Crippen LogP contribution in [0.1, 0.15) is 30.1 Å². The number of aromatic hydroxyl groups is 1. The van der Waals surface area contributed by atoms with Gasteiger partial charge in [-0.1, -0.05) is 0 Å². The van der Waals surface area contributed by atoms with Crippen molar-refractivity contribution in [3.05, 3.63) is 29.8 Å². The summed E-state index contributed by atoms with van der Waals surface area (Å²) in [5.41, 5.74) is 0.572. The lowest BCUT2D eigenvalue weighted by Crippen LogP contribution is -2.47. The summed E-state index contributed by atoms with van der Waals surface area (Å²) in [6, 6.07) is 6.47. The lowest BCUT2D eigenvalue weighted by atomic mass is 9.89. The van der Waals surface area contributed by atoms with Crippen molar-refractivity contribution >= 4 is 5.91 Å². The molecule has 4 heteroatoms. The van der Waals surface area contributed by atoms with Crippen LogP contribution in [0.5, 0.6) is 5.75 Å². The highest BCUT2D eigenvalue weighted by atomic mass is 16.5. The summed E-state index contributed by atoms with van der Waals surface area (Å²) in [5.74, 6) is 0.0755. The molecule has 4 nitrogen and oxygen atoms in total. The highest BCUT2D eigenvalue weighted by Gasteiger charge is 2.30. The average molecular weight is 235 g/mol. The Morgan fingerprint density at radius 1 is 1.41 bits per heavy atom. The Labute approximate surface area is 101 Å². The molecule has 0 heterocycles. The maximum atomic E-state index is 11.8. The van der Waals surface area contributed by atoms with Gasteiger partial charge < -0.3 is 15.2 Å². The fraction of sp³-hybridized carbons (Fsp3) is 0.462. The quantitative estimate of drug-likeness (QED) is 0.835. The summed E-state index contributed by atoms with van der Waals surface area (Å²) < 4.78 is 5.43. The SMILES string of the molecule is CCOC1CC(NC(=O)c2ccc(O)cc2)C1. The molecule has 17 heavy (non-hydrogen) atoms. The van der Waals surface area contributed by atoms with Crippen molar-refractivity contribution in [2.24, 2.45) is 0 Å². The van der Waals surface area contributed by atoms with Crippen molar-refractivity contribution in [2.75, 3.05) is 6.61 Å². The van der Waals surface area contributed by atoms with Crippen LogP contribution in [0.25, 0.3) is 0 Å². The van der Waals surface area contributed by atoms with E-state index >= 15 is 0 Å². The van der Waals surface area contributed by atoms with E-state index in [2.05, 4.69) is 5.32 Å². The first-order chi connectivity index (χ1) is 8.19. The first-order valence-electron chi connectivity index (χ1n) is 5.90. The summed E-state index contributed by atoms with van der Waals surface area (Å²) >= 11 is 0. The fourth-order valence-corrected chi connectivity index (χ4v) is 1.94. The van der Waals surface area contributed by atoms with E-state index in [0.29, 0.717) is 11.7 Å². The largest absolute Gasteiger partial charge is 0.508 e. The van der Waals surface area contributed by atoms with Gasteiger partial charge >= 0.3 is 0 Å². The van der Waals surface area contributed by atoms with Crippen LogP contribution in [-0.2, 0) is 4.74 Å². The fourth-order valence-electron chi connectivity index (χ4n) is 1.94. The first-order valence-corrected chi connectivity index (χ1v) is 5.90. The number of ether oxygens (including phenoxy) is 1. The van der Waals surface area contributed by atoms with Gasteiger partial charge in [0.15, 0.2) is 0 Å². The molecule has 1 aromatic carbocycles. The molecule has 1 saturated carbocycles. The second-order valence-electron chi connectivity index (χ2n) is 4.27. The van der Waals surface area contributed by atoms with Crippen LogP contribution < -0.4 is 5.32 Å². The molecule has 2 N–H and O–H groups in total. The molecule has 0 aromatic heterocycles. The van der Waals surface area contributed by atoms with Gasteiger partial charge in [0, 0.05) is 18.2 Å². The highest BCUT2D eigenvalue weighted by Crippen LogP contribution is 2.23. The zero-order chi connectivity index (χ0) is 12.3. The van der Waals surface area contributed by atoms with Gasteiger partial charge in [-0.15, -0.1) is 0 Å². The summed E-state index contributed by atoms with van der Waals surface area (Å²) in [6.07, 6.45) is 2.07. The minimum absolute atomic E-state index is 0.0926. The molecule has 1 aliphatic carbocycles. The number of hydrogen-bond donors (Lipinski definition) is 2. The summed E-state index contributed by atoms with van der Waals surface area (Å²) in [7, 11) is 0. The van der Waals surface area contributed by atoms with E-state index < -0.39 is 0 Å². The number of amides is 1. The van der Waals surface area contributed by atoms with Crippen molar-refractivity contribution in [1.82, 2.24) is 5.32 Å². The third-order valence-electron chi connectivity index (χ3n) is 2.96. The van der Waals surface area contributed by atoms with Crippen LogP contribution in [-0.4, -0.2) is 29.8 Å². The minimum atomic E-state index is -0.0926. The van der Waals surface area contributed by atoms with Gasteiger partial charge in [0.25, 0.3) is 5.91 Å². The molecule has 0 saturated heterocycles. The van der Waals surface area contributed by atoms with Gasteiger partial charge in [-0.25, -0.2) is 0 Å². The summed E-state index contributed by atoms with van der Waals surface area (Å²) in [5, 5.41) is 12.1. The molecule has 1 aliphatic rings. The lowest BCUT2D eigenvalue weighted by molar-refractivity contribution is -0.00862. The molecule has 0 unspecified atom stereocenters. The zero-order valence-electron chi connectivity index (χ0n) is 9.85. The van der Waals surface area contributed by atoms with E-state index in [-0.39, 0.29) is 17.7 Å². The van der Waals surface area contributed by atoms with E-state index in [9.17, 15) is 4.79 Å². The molecule has 92 valence electrons. The standard InChI is InChI=1S/C13H17NO3/c1-2-17-12-7-10(8-12)14-13(16)9-3-5-11(15)6-4-9/h3-6,10,12,15H,2,7-8H2,1H3,(H,14,16). The van der Waals surface area contributed by atoms with Crippen LogP contribution in [0.15, 0.2) is 24.3 Å². The van der Waals surface area contributed by atoms with E-state index in [1.165, 1.54) is 12.1 Å². The Morgan fingerprint density at radius 3 is 2.65 bits per heavy atom. The number of rotatable bonds is 4. The Balaban J connectivity index is 1.81. The van der Waals surface area contributed by atoms with Gasteiger partial charge in [-0.2, -0.15) is 0 Å². The van der Waals surface area contributed by atoms with Crippen molar-refractivity contribution in [3.8, 4) is 5.75 Å². The molecule has 0 spiro atoms. The van der Waals surface area contributed by atoms with Gasteiger partial charge in [0.1, 0.15) is 5.75 Å². The predicted molar refractivity (Wildman–Crippen MR) is 64.0 cm³/mol. The Morgan fingerprint density at radius 2 is 2.06 bits per heavy atom. The molecule has 0 radical (unpaired) electrons. The molecule has 1 fully saturated rings. The Hall–Kier alpha value is -1.55. The summed E-state index contributed by atoms with van der Waals surface area (Å²) in [6.45, 7) is 2.70. The molecular weight excluding hydrogens is 218 g/mol. The minimum Gasteiger partial charge on any atom is -0.508 e. The average Bonchev–Trinajstić information content (AvgIpc) is 2.27. The van der Waals surface area contributed by atoms with E-state index in [1.807, 2.05) is 6.92 Å². The van der Waals surface area contributed by atoms with E-state index in [0.717, 1.165) is 19.4 Å². The molecule has 1 amide bonds. The second-order valence-corrected chi connectivity index (χ2v) is 4.27. The maximum Gasteiger partial charge on any atom is 0.251 e. The molecule has 0 aliphatic heterocycles. The smallest absolute Gasteiger partial charge is 0.251 e. The lowest BCUT2D eigenvalue weighted by Gasteiger charge is -2.35. The van der Waals surface area contributed by atoms with E-state index in [4.69, 9.17) is 9.84 Å². The number of benzene rings is 1. The monoisotopic (exact) mass is 235 g/mol.